The lowest BCUT2D eigenvalue weighted by molar-refractivity contribution is -0.0994. The molecule has 4 heteroatoms. The number of amides is 1. The van der Waals surface area contributed by atoms with Crippen molar-refractivity contribution in [2.45, 2.75) is 113 Å². The first kappa shape index (κ1) is 24.2. The number of nitrogens with one attached hydrogen (secondary N) is 1. The lowest BCUT2D eigenvalue weighted by Gasteiger charge is -2.43. The second-order valence-electron chi connectivity index (χ2n) is 10.7. The van der Waals surface area contributed by atoms with Crippen LogP contribution in [0.25, 0.3) is 0 Å². The van der Waals surface area contributed by atoms with Gasteiger partial charge in [0.15, 0.2) is 0 Å². The maximum Gasteiger partial charge on any atom is 0.408 e. The van der Waals surface area contributed by atoms with Crippen molar-refractivity contribution in [2.24, 2.45) is 10.8 Å². The highest BCUT2D eigenvalue weighted by molar-refractivity contribution is 5.68. The van der Waals surface area contributed by atoms with Crippen molar-refractivity contribution in [3.8, 4) is 0 Å². The highest BCUT2D eigenvalue weighted by atomic mass is 16.6. The standard InChI is InChI=1S/C21H43NO3/c1-12-13-14-21(11,22-17(23)25-20(8,9)10)15-24-16(18(2,3)4)19(5,6)7/h16H,12-15H2,1-11H3,(H,22,23). The summed E-state index contributed by atoms with van der Waals surface area (Å²) in [5.41, 5.74) is -0.894. The highest BCUT2D eigenvalue weighted by Gasteiger charge is 2.38. The largest absolute Gasteiger partial charge is 0.444 e. The molecule has 0 spiro atoms. The van der Waals surface area contributed by atoms with Crippen LogP contribution in [-0.2, 0) is 9.47 Å². The molecular weight excluding hydrogens is 314 g/mol. The van der Waals surface area contributed by atoms with Crippen molar-refractivity contribution in [1.29, 1.82) is 0 Å². The van der Waals surface area contributed by atoms with Gasteiger partial charge in [0.1, 0.15) is 5.60 Å². The maximum absolute atomic E-state index is 12.3. The average Bonchev–Trinajstić information content (AvgIpc) is 2.30. The van der Waals surface area contributed by atoms with Crippen molar-refractivity contribution in [3.63, 3.8) is 0 Å². The molecule has 0 rings (SSSR count). The molecule has 0 aliphatic heterocycles. The van der Waals surface area contributed by atoms with Gasteiger partial charge in [0, 0.05) is 0 Å². The van der Waals surface area contributed by atoms with Crippen LogP contribution in [0.5, 0.6) is 0 Å². The molecule has 0 aromatic rings. The summed E-state index contributed by atoms with van der Waals surface area (Å²) in [7, 11) is 0. The van der Waals surface area contributed by atoms with Gasteiger partial charge < -0.3 is 14.8 Å². The van der Waals surface area contributed by atoms with Crippen LogP contribution in [0.3, 0.4) is 0 Å². The normalized spacial score (nSPS) is 15.8. The second kappa shape index (κ2) is 8.75. The third-order valence-electron chi connectivity index (χ3n) is 4.03. The second-order valence-corrected chi connectivity index (χ2v) is 10.7. The predicted molar refractivity (Wildman–Crippen MR) is 106 cm³/mol. The number of alkyl carbamates (subject to hydrolysis) is 1. The fraction of sp³-hybridized carbons (Fsp3) is 0.952. The van der Waals surface area contributed by atoms with Crippen LogP contribution in [0.15, 0.2) is 0 Å². The molecule has 0 heterocycles. The van der Waals surface area contributed by atoms with Gasteiger partial charge in [-0.25, -0.2) is 4.79 Å². The van der Waals surface area contributed by atoms with Gasteiger partial charge in [0.2, 0.25) is 0 Å². The quantitative estimate of drug-likeness (QED) is 0.613. The molecule has 0 saturated carbocycles. The maximum atomic E-state index is 12.3. The highest BCUT2D eigenvalue weighted by Crippen LogP contribution is 2.36. The Kier molecular flexibility index (Phi) is 8.48. The topological polar surface area (TPSA) is 47.6 Å². The van der Waals surface area contributed by atoms with Crippen molar-refractivity contribution >= 4 is 6.09 Å². The molecule has 1 unspecified atom stereocenters. The molecule has 0 bridgehead atoms. The Morgan fingerprint density at radius 2 is 1.40 bits per heavy atom. The molecule has 0 saturated heterocycles. The van der Waals surface area contributed by atoms with E-state index in [0.29, 0.717) is 6.61 Å². The first-order chi connectivity index (χ1) is 11.0. The van der Waals surface area contributed by atoms with E-state index >= 15 is 0 Å². The summed E-state index contributed by atoms with van der Waals surface area (Å²) in [6, 6.07) is 0. The lowest BCUT2D eigenvalue weighted by Crippen LogP contribution is -2.53. The van der Waals surface area contributed by atoms with E-state index in [0.717, 1.165) is 19.3 Å². The first-order valence-corrected chi connectivity index (χ1v) is 9.63. The molecule has 0 radical (unpaired) electrons. The van der Waals surface area contributed by atoms with Crippen molar-refractivity contribution in [1.82, 2.24) is 5.32 Å². The molecule has 0 aromatic carbocycles. The van der Waals surface area contributed by atoms with Gasteiger partial charge in [0.25, 0.3) is 0 Å². The van der Waals surface area contributed by atoms with E-state index in [-0.39, 0.29) is 23.0 Å². The number of rotatable bonds is 7. The van der Waals surface area contributed by atoms with Crippen molar-refractivity contribution < 1.29 is 14.3 Å². The minimum absolute atomic E-state index is 0.0236. The van der Waals surface area contributed by atoms with Crippen LogP contribution in [0.2, 0.25) is 0 Å². The number of carbonyl (C=O) groups is 1. The van der Waals surface area contributed by atoms with E-state index in [4.69, 9.17) is 9.47 Å². The zero-order chi connectivity index (χ0) is 20.1. The summed E-state index contributed by atoms with van der Waals surface area (Å²) in [5.74, 6) is 0. The van der Waals surface area contributed by atoms with E-state index in [1.54, 1.807) is 0 Å². The van der Waals surface area contributed by atoms with Crippen LogP contribution < -0.4 is 5.32 Å². The molecule has 0 aliphatic carbocycles. The Labute approximate surface area is 156 Å². The predicted octanol–water partition coefficient (Wildman–Crippen LogP) is 5.94. The van der Waals surface area contributed by atoms with Crippen molar-refractivity contribution in [3.05, 3.63) is 0 Å². The number of unbranched alkanes of at least 4 members (excludes halogenated alkanes) is 1. The minimum atomic E-state index is -0.504. The summed E-state index contributed by atoms with van der Waals surface area (Å²) in [6.45, 7) is 23.5. The molecule has 150 valence electrons. The molecule has 0 aromatic heterocycles. The third kappa shape index (κ3) is 10.1. The molecule has 1 amide bonds. The molecule has 1 N–H and O–H groups in total. The number of carbonyl (C=O) groups excluding carboxylic acids is 1. The molecule has 0 fully saturated rings. The summed E-state index contributed by atoms with van der Waals surface area (Å²) in [5, 5.41) is 3.06. The summed E-state index contributed by atoms with van der Waals surface area (Å²) < 4.78 is 11.8. The van der Waals surface area contributed by atoms with Crippen LogP contribution in [0, 0.1) is 10.8 Å². The van der Waals surface area contributed by atoms with Gasteiger partial charge >= 0.3 is 6.09 Å². The SMILES string of the molecule is CCCCC(C)(COC(C(C)(C)C)C(C)(C)C)NC(=O)OC(C)(C)C. The zero-order valence-corrected chi connectivity index (χ0v) is 18.6. The van der Waals surface area contributed by atoms with Crippen LogP contribution in [0.4, 0.5) is 4.79 Å². The molecule has 25 heavy (non-hydrogen) atoms. The van der Waals surface area contributed by atoms with Gasteiger partial charge in [-0.05, 0) is 44.9 Å². The Balaban J connectivity index is 5.16. The molecule has 4 nitrogen and oxygen atoms in total. The average molecular weight is 358 g/mol. The smallest absolute Gasteiger partial charge is 0.408 e. The van der Waals surface area contributed by atoms with E-state index in [1.807, 2.05) is 20.8 Å². The van der Waals surface area contributed by atoms with Crippen molar-refractivity contribution in [2.75, 3.05) is 6.61 Å². The van der Waals surface area contributed by atoms with E-state index in [9.17, 15) is 4.79 Å². The summed E-state index contributed by atoms with van der Waals surface area (Å²) in [4.78, 5) is 12.3. The Bertz CT molecular complexity index is 398. The van der Waals surface area contributed by atoms with E-state index in [2.05, 4.69) is 60.7 Å². The summed E-state index contributed by atoms with van der Waals surface area (Å²) >= 11 is 0. The number of hydrogen-bond donors (Lipinski definition) is 1. The van der Waals surface area contributed by atoms with Gasteiger partial charge in [-0.15, -0.1) is 0 Å². The Morgan fingerprint density at radius 3 is 1.76 bits per heavy atom. The lowest BCUT2D eigenvalue weighted by atomic mass is 9.74. The number of hydrogen-bond acceptors (Lipinski definition) is 3. The van der Waals surface area contributed by atoms with Gasteiger partial charge in [-0.2, -0.15) is 0 Å². The summed E-state index contributed by atoms with van der Waals surface area (Å²) in [6.07, 6.45) is 2.68. The fourth-order valence-corrected chi connectivity index (χ4v) is 3.35. The van der Waals surface area contributed by atoms with Crippen LogP contribution in [0.1, 0.15) is 95.4 Å². The monoisotopic (exact) mass is 357 g/mol. The minimum Gasteiger partial charge on any atom is -0.444 e. The molecule has 1 atom stereocenters. The Morgan fingerprint density at radius 1 is 0.920 bits per heavy atom. The van der Waals surface area contributed by atoms with Crippen LogP contribution in [-0.4, -0.2) is 29.9 Å². The van der Waals surface area contributed by atoms with E-state index in [1.165, 1.54) is 0 Å². The molecular formula is C21H43NO3. The Hall–Kier alpha value is -0.770. The van der Waals surface area contributed by atoms with Crippen LogP contribution >= 0.6 is 0 Å². The molecule has 0 aliphatic rings. The van der Waals surface area contributed by atoms with Gasteiger partial charge in [-0.3, -0.25) is 0 Å². The van der Waals surface area contributed by atoms with E-state index < -0.39 is 11.1 Å². The zero-order valence-electron chi connectivity index (χ0n) is 18.6. The number of ether oxygens (including phenoxy) is 2. The van der Waals surface area contributed by atoms with Gasteiger partial charge in [-0.1, -0.05) is 61.3 Å². The van der Waals surface area contributed by atoms with Gasteiger partial charge in [0.05, 0.1) is 18.2 Å². The third-order valence-corrected chi connectivity index (χ3v) is 4.03. The fourth-order valence-electron chi connectivity index (χ4n) is 3.35. The first-order valence-electron chi connectivity index (χ1n) is 9.63.